The maximum absolute atomic E-state index is 11.7. The molecule has 1 unspecified atom stereocenters. The van der Waals surface area contributed by atoms with Gasteiger partial charge in [0.1, 0.15) is 0 Å². The van der Waals surface area contributed by atoms with E-state index in [0.717, 1.165) is 0 Å². The topological polar surface area (TPSA) is 83.6 Å². The monoisotopic (exact) mass is 228 g/mol. The normalized spacial score (nSPS) is 24.8. The predicted octanol–water partition coefficient (Wildman–Crippen LogP) is -0.127. The molecule has 0 aromatic carbocycles. The van der Waals surface area contributed by atoms with E-state index < -0.39 is 5.41 Å². The third kappa shape index (κ3) is 2.95. The van der Waals surface area contributed by atoms with Crippen LogP contribution in [0, 0.1) is 5.41 Å². The fourth-order valence-electron chi connectivity index (χ4n) is 1.92. The number of hydrogen-bond donors (Lipinski definition) is 2. The molecule has 1 fully saturated rings. The standard InChI is InChI=1S/C11H20N2O3/c1-11(10(12)16)5-6-13(8-11)9(15)4-2-3-7-14/h14H,2-8H2,1H3,(H2,12,16). The van der Waals surface area contributed by atoms with Crippen molar-refractivity contribution in [1.82, 2.24) is 4.90 Å². The summed E-state index contributed by atoms with van der Waals surface area (Å²) in [5.41, 5.74) is 4.74. The van der Waals surface area contributed by atoms with E-state index in [2.05, 4.69) is 0 Å². The Morgan fingerprint density at radius 1 is 1.44 bits per heavy atom. The lowest BCUT2D eigenvalue weighted by Crippen LogP contribution is -2.38. The molecule has 1 aliphatic heterocycles. The highest BCUT2D eigenvalue weighted by atomic mass is 16.3. The number of carbonyl (C=O) groups excluding carboxylic acids is 2. The minimum absolute atomic E-state index is 0.0541. The minimum atomic E-state index is -0.563. The molecule has 1 rings (SSSR count). The Kier molecular flexibility index (Phi) is 4.29. The van der Waals surface area contributed by atoms with Crippen molar-refractivity contribution in [2.45, 2.75) is 32.6 Å². The fraction of sp³-hybridized carbons (Fsp3) is 0.818. The summed E-state index contributed by atoms with van der Waals surface area (Å²) < 4.78 is 0. The highest BCUT2D eigenvalue weighted by Crippen LogP contribution is 2.29. The Bertz CT molecular complexity index is 280. The van der Waals surface area contributed by atoms with Crippen LogP contribution in [0.3, 0.4) is 0 Å². The summed E-state index contributed by atoms with van der Waals surface area (Å²) in [5, 5.41) is 8.61. The van der Waals surface area contributed by atoms with Gasteiger partial charge in [-0.05, 0) is 26.2 Å². The number of aliphatic hydroxyl groups excluding tert-OH is 1. The lowest BCUT2D eigenvalue weighted by molar-refractivity contribution is -0.131. The number of primary amides is 1. The molecule has 2 amide bonds. The second-order valence-electron chi connectivity index (χ2n) is 4.67. The van der Waals surface area contributed by atoms with Crippen LogP contribution < -0.4 is 5.73 Å². The van der Waals surface area contributed by atoms with Crippen molar-refractivity contribution in [1.29, 1.82) is 0 Å². The smallest absolute Gasteiger partial charge is 0.225 e. The molecule has 1 heterocycles. The van der Waals surface area contributed by atoms with Gasteiger partial charge in [-0.15, -0.1) is 0 Å². The first kappa shape index (κ1) is 13.0. The number of unbranched alkanes of at least 4 members (excludes halogenated alkanes) is 1. The van der Waals surface area contributed by atoms with Crippen LogP contribution in [0.25, 0.3) is 0 Å². The highest BCUT2D eigenvalue weighted by molar-refractivity contribution is 5.83. The van der Waals surface area contributed by atoms with Crippen molar-refractivity contribution in [2.24, 2.45) is 11.1 Å². The summed E-state index contributed by atoms with van der Waals surface area (Å²) in [6, 6.07) is 0. The molecule has 5 nitrogen and oxygen atoms in total. The quantitative estimate of drug-likeness (QED) is 0.643. The van der Waals surface area contributed by atoms with Gasteiger partial charge in [-0.2, -0.15) is 0 Å². The van der Waals surface area contributed by atoms with E-state index in [1.165, 1.54) is 0 Å². The molecular weight excluding hydrogens is 208 g/mol. The molecule has 1 aliphatic rings. The van der Waals surface area contributed by atoms with E-state index in [-0.39, 0.29) is 18.4 Å². The summed E-state index contributed by atoms with van der Waals surface area (Å²) in [5.74, 6) is -0.281. The predicted molar refractivity (Wildman–Crippen MR) is 59.4 cm³/mol. The van der Waals surface area contributed by atoms with Gasteiger partial charge >= 0.3 is 0 Å². The van der Waals surface area contributed by atoms with E-state index in [1.54, 1.807) is 11.8 Å². The van der Waals surface area contributed by atoms with Crippen LogP contribution in [0.4, 0.5) is 0 Å². The van der Waals surface area contributed by atoms with Crippen molar-refractivity contribution in [3.63, 3.8) is 0 Å². The highest BCUT2D eigenvalue weighted by Gasteiger charge is 2.40. The number of nitrogens with two attached hydrogens (primary N) is 1. The number of aliphatic hydroxyl groups is 1. The Morgan fingerprint density at radius 2 is 2.12 bits per heavy atom. The first-order valence-electron chi connectivity index (χ1n) is 5.68. The average molecular weight is 228 g/mol. The van der Waals surface area contributed by atoms with E-state index >= 15 is 0 Å². The number of likely N-dealkylation sites (tertiary alicyclic amines) is 1. The summed E-state index contributed by atoms with van der Waals surface area (Å²) in [7, 11) is 0. The first-order chi connectivity index (χ1) is 7.49. The van der Waals surface area contributed by atoms with Crippen LogP contribution in [0.2, 0.25) is 0 Å². The molecule has 1 atom stereocenters. The van der Waals surface area contributed by atoms with Crippen LogP contribution in [0.5, 0.6) is 0 Å². The van der Waals surface area contributed by atoms with Crippen LogP contribution in [-0.4, -0.2) is 41.5 Å². The van der Waals surface area contributed by atoms with Gasteiger partial charge in [0.05, 0.1) is 5.41 Å². The molecular formula is C11H20N2O3. The molecule has 0 aromatic heterocycles. The average Bonchev–Trinajstić information content (AvgIpc) is 2.63. The molecule has 92 valence electrons. The Morgan fingerprint density at radius 3 is 2.62 bits per heavy atom. The van der Waals surface area contributed by atoms with Crippen molar-refractivity contribution in [3.05, 3.63) is 0 Å². The lowest BCUT2D eigenvalue weighted by Gasteiger charge is -2.21. The molecule has 0 radical (unpaired) electrons. The molecule has 5 heteroatoms. The first-order valence-corrected chi connectivity index (χ1v) is 5.68. The number of amides is 2. The minimum Gasteiger partial charge on any atom is -0.396 e. The molecule has 0 bridgehead atoms. The molecule has 0 aromatic rings. The Labute approximate surface area is 95.6 Å². The largest absolute Gasteiger partial charge is 0.396 e. The maximum atomic E-state index is 11.7. The molecule has 0 spiro atoms. The van der Waals surface area contributed by atoms with E-state index in [1.807, 2.05) is 0 Å². The van der Waals surface area contributed by atoms with E-state index in [4.69, 9.17) is 10.8 Å². The van der Waals surface area contributed by atoms with Crippen LogP contribution in [0.15, 0.2) is 0 Å². The summed E-state index contributed by atoms with van der Waals surface area (Å²) >= 11 is 0. The van der Waals surface area contributed by atoms with Crippen molar-refractivity contribution >= 4 is 11.8 Å². The molecule has 1 saturated heterocycles. The molecule has 0 saturated carbocycles. The van der Waals surface area contributed by atoms with Gasteiger partial charge in [0.15, 0.2) is 0 Å². The summed E-state index contributed by atoms with van der Waals surface area (Å²) in [4.78, 5) is 24.6. The van der Waals surface area contributed by atoms with Gasteiger partial charge < -0.3 is 15.7 Å². The van der Waals surface area contributed by atoms with Crippen LogP contribution in [0.1, 0.15) is 32.6 Å². The number of rotatable bonds is 5. The summed E-state index contributed by atoms with van der Waals surface area (Å²) in [6.07, 6.45) is 2.43. The second-order valence-corrected chi connectivity index (χ2v) is 4.67. The SMILES string of the molecule is CC1(C(N)=O)CCN(C(=O)CCCCO)C1. The number of carbonyl (C=O) groups is 2. The number of hydrogen-bond acceptors (Lipinski definition) is 3. The molecule has 0 aliphatic carbocycles. The van der Waals surface area contributed by atoms with Gasteiger partial charge in [-0.25, -0.2) is 0 Å². The van der Waals surface area contributed by atoms with Crippen molar-refractivity contribution < 1.29 is 14.7 Å². The van der Waals surface area contributed by atoms with Crippen molar-refractivity contribution in [3.8, 4) is 0 Å². The van der Waals surface area contributed by atoms with Crippen LogP contribution in [-0.2, 0) is 9.59 Å². The van der Waals surface area contributed by atoms with Crippen molar-refractivity contribution in [2.75, 3.05) is 19.7 Å². The third-order valence-electron chi connectivity index (χ3n) is 3.22. The van der Waals surface area contributed by atoms with Gasteiger partial charge in [0.2, 0.25) is 11.8 Å². The van der Waals surface area contributed by atoms with Gasteiger partial charge in [-0.1, -0.05) is 0 Å². The third-order valence-corrected chi connectivity index (χ3v) is 3.22. The zero-order valence-electron chi connectivity index (χ0n) is 9.74. The van der Waals surface area contributed by atoms with Gasteiger partial charge in [-0.3, -0.25) is 9.59 Å². The van der Waals surface area contributed by atoms with Crippen LogP contribution >= 0.6 is 0 Å². The van der Waals surface area contributed by atoms with Gasteiger partial charge in [0, 0.05) is 26.1 Å². The van der Waals surface area contributed by atoms with Gasteiger partial charge in [0.25, 0.3) is 0 Å². The zero-order valence-corrected chi connectivity index (χ0v) is 9.74. The number of nitrogens with zero attached hydrogens (tertiary/aromatic N) is 1. The maximum Gasteiger partial charge on any atom is 0.225 e. The molecule has 16 heavy (non-hydrogen) atoms. The Hall–Kier alpha value is -1.10. The Balaban J connectivity index is 2.41. The zero-order chi connectivity index (χ0) is 12.2. The molecule has 3 N–H and O–H groups in total. The fourth-order valence-corrected chi connectivity index (χ4v) is 1.92. The summed E-state index contributed by atoms with van der Waals surface area (Å²) in [6.45, 7) is 2.96. The van der Waals surface area contributed by atoms with E-state index in [9.17, 15) is 9.59 Å². The second kappa shape index (κ2) is 5.30. The van der Waals surface area contributed by atoms with E-state index in [0.29, 0.717) is 38.8 Å². The lowest BCUT2D eigenvalue weighted by atomic mass is 9.89.